The van der Waals surface area contributed by atoms with Gasteiger partial charge < -0.3 is 24.5 Å². The molecular weight excluding hydrogens is 444 g/mol. The second kappa shape index (κ2) is 9.36. The van der Waals surface area contributed by atoms with Gasteiger partial charge >= 0.3 is 6.03 Å². The fourth-order valence-corrected chi connectivity index (χ4v) is 4.93. The first-order valence-corrected chi connectivity index (χ1v) is 11.6. The standard InChI is InChI=1S/C22H28N6O4S/c1-11-6-7-15(25-19(11)31-5)17-9-23-22(32-17)28-13(3)8-16-18(14(28)4)33-21(26-16)27-20(30)24-12(2)10-29/h6-7,9,12-14,29H,8,10H2,1-5H3,(H2,24,26,27,30)/t12-,13-,14+/m1/s1. The maximum absolute atomic E-state index is 12.1. The van der Waals surface area contributed by atoms with Gasteiger partial charge in [0.05, 0.1) is 42.6 Å². The van der Waals surface area contributed by atoms with Crippen molar-refractivity contribution in [3.8, 4) is 17.3 Å². The molecule has 2 amide bonds. The van der Waals surface area contributed by atoms with Crippen LogP contribution in [0.2, 0.25) is 0 Å². The largest absolute Gasteiger partial charge is 0.481 e. The number of amides is 2. The Balaban J connectivity index is 1.55. The number of aliphatic hydroxyl groups excluding tert-OH is 1. The molecule has 0 spiro atoms. The van der Waals surface area contributed by atoms with Gasteiger partial charge in [-0.2, -0.15) is 0 Å². The average molecular weight is 473 g/mol. The number of fused-ring (bicyclic) bond motifs is 1. The molecule has 3 aromatic heterocycles. The summed E-state index contributed by atoms with van der Waals surface area (Å²) in [7, 11) is 1.59. The lowest BCUT2D eigenvalue weighted by molar-refractivity contribution is 0.229. The number of pyridine rings is 1. The summed E-state index contributed by atoms with van der Waals surface area (Å²) in [4.78, 5) is 28.9. The number of thiazole rings is 1. The lowest BCUT2D eigenvalue weighted by Gasteiger charge is -2.36. The van der Waals surface area contributed by atoms with Crippen LogP contribution in [0.25, 0.3) is 11.5 Å². The molecule has 1 aliphatic rings. The van der Waals surface area contributed by atoms with Crippen LogP contribution in [-0.4, -0.2) is 51.9 Å². The van der Waals surface area contributed by atoms with Crippen LogP contribution in [0.15, 0.2) is 22.7 Å². The maximum Gasteiger partial charge on any atom is 0.321 e. The number of nitrogens with zero attached hydrogens (tertiary/aromatic N) is 4. The van der Waals surface area contributed by atoms with Crippen LogP contribution >= 0.6 is 11.3 Å². The van der Waals surface area contributed by atoms with Crippen LogP contribution in [0, 0.1) is 6.92 Å². The van der Waals surface area contributed by atoms with Crippen molar-refractivity contribution < 1.29 is 19.1 Å². The first kappa shape index (κ1) is 23.0. The summed E-state index contributed by atoms with van der Waals surface area (Å²) in [6.45, 7) is 7.69. The molecule has 0 saturated carbocycles. The van der Waals surface area contributed by atoms with E-state index in [1.165, 1.54) is 11.3 Å². The number of anilines is 2. The minimum absolute atomic E-state index is 0.0387. The molecular formula is C22H28N6O4S. The fraction of sp³-hybridized carbons (Fsp3) is 0.455. The summed E-state index contributed by atoms with van der Waals surface area (Å²) < 4.78 is 11.4. The third-order valence-corrected chi connectivity index (χ3v) is 6.75. The van der Waals surface area contributed by atoms with Gasteiger partial charge in [0.15, 0.2) is 10.9 Å². The summed E-state index contributed by atoms with van der Waals surface area (Å²) in [6.07, 6.45) is 2.37. The molecule has 11 heteroatoms. The van der Waals surface area contributed by atoms with E-state index in [-0.39, 0.29) is 24.7 Å². The van der Waals surface area contributed by atoms with Crippen LogP contribution in [0.5, 0.6) is 5.88 Å². The highest BCUT2D eigenvalue weighted by Gasteiger charge is 2.35. The van der Waals surface area contributed by atoms with Gasteiger partial charge in [-0.1, -0.05) is 17.4 Å². The van der Waals surface area contributed by atoms with E-state index in [0.717, 1.165) is 16.1 Å². The lowest BCUT2D eigenvalue weighted by Crippen LogP contribution is -2.40. The number of carbonyl (C=O) groups excluding carboxylic acids is 1. The molecule has 0 fully saturated rings. The number of aliphatic hydroxyl groups is 1. The summed E-state index contributed by atoms with van der Waals surface area (Å²) >= 11 is 1.43. The topological polar surface area (TPSA) is 126 Å². The van der Waals surface area contributed by atoms with Gasteiger partial charge in [-0.15, -0.1) is 0 Å². The smallest absolute Gasteiger partial charge is 0.321 e. The number of hydrogen-bond acceptors (Lipinski definition) is 9. The number of rotatable bonds is 6. The quantitative estimate of drug-likeness (QED) is 0.498. The predicted octanol–water partition coefficient (Wildman–Crippen LogP) is 3.52. The minimum atomic E-state index is -0.390. The number of aromatic nitrogens is 3. The van der Waals surface area contributed by atoms with Crippen molar-refractivity contribution in [1.82, 2.24) is 20.3 Å². The summed E-state index contributed by atoms with van der Waals surface area (Å²) in [6, 6.07) is 3.66. The number of methoxy groups -OCH3 is 1. The monoisotopic (exact) mass is 472 g/mol. The molecule has 0 saturated heterocycles. The number of aryl methyl sites for hydroxylation is 1. The average Bonchev–Trinajstić information content (AvgIpc) is 3.41. The van der Waals surface area contributed by atoms with E-state index in [9.17, 15) is 4.79 Å². The summed E-state index contributed by atoms with van der Waals surface area (Å²) in [5.74, 6) is 1.12. The summed E-state index contributed by atoms with van der Waals surface area (Å²) in [5.41, 5.74) is 2.56. The number of carbonyl (C=O) groups is 1. The molecule has 176 valence electrons. The van der Waals surface area contributed by atoms with Gasteiger partial charge in [0.25, 0.3) is 6.01 Å². The van der Waals surface area contributed by atoms with E-state index in [1.807, 2.05) is 19.1 Å². The van der Waals surface area contributed by atoms with Crippen molar-refractivity contribution in [3.05, 3.63) is 34.5 Å². The Morgan fingerprint density at radius 2 is 2.18 bits per heavy atom. The Hall–Kier alpha value is -3.18. The van der Waals surface area contributed by atoms with E-state index in [1.54, 1.807) is 20.2 Å². The molecule has 3 N–H and O–H groups in total. The van der Waals surface area contributed by atoms with Crippen LogP contribution in [0.1, 0.15) is 42.9 Å². The number of nitrogens with one attached hydrogen (secondary N) is 2. The number of hydrogen-bond donors (Lipinski definition) is 3. The highest BCUT2D eigenvalue weighted by Crippen LogP contribution is 2.41. The zero-order chi connectivity index (χ0) is 23.7. The third kappa shape index (κ3) is 4.64. The normalized spacial score (nSPS) is 18.5. The van der Waals surface area contributed by atoms with Gasteiger partial charge in [-0.25, -0.2) is 19.7 Å². The SMILES string of the molecule is COc1nc(-c2cnc(N3[C@H](C)Cc4nc(NC(=O)N[C@H](C)CO)sc4[C@@H]3C)o2)ccc1C. The Morgan fingerprint density at radius 1 is 1.39 bits per heavy atom. The first-order valence-electron chi connectivity index (χ1n) is 10.7. The second-order valence-corrected chi connectivity index (χ2v) is 9.21. The zero-order valence-corrected chi connectivity index (χ0v) is 20.1. The molecule has 0 unspecified atom stereocenters. The van der Waals surface area contributed by atoms with E-state index in [2.05, 4.69) is 44.3 Å². The van der Waals surface area contributed by atoms with Gasteiger partial charge in [-0.05, 0) is 33.8 Å². The van der Waals surface area contributed by atoms with Crippen molar-refractivity contribution in [2.45, 2.75) is 52.2 Å². The van der Waals surface area contributed by atoms with Crippen LogP contribution < -0.4 is 20.3 Å². The first-order chi connectivity index (χ1) is 15.8. The van der Waals surface area contributed by atoms with E-state index >= 15 is 0 Å². The van der Waals surface area contributed by atoms with Crippen LogP contribution in [0.3, 0.4) is 0 Å². The number of ether oxygens (including phenoxy) is 1. The van der Waals surface area contributed by atoms with Crippen molar-refractivity contribution >= 4 is 28.5 Å². The molecule has 0 bridgehead atoms. The molecule has 0 aromatic carbocycles. The van der Waals surface area contributed by atoms with Crippen molar-refractivity contribution in [1.29, 1.82) is 0 Å². The third-order valence-electron chi connectivity index (χ3n) is 5.57. The molecule has 0 radical (unpaired) electrons. The van der Waals surface area contributed by atoms with Gasteiger partial charge in [0, 0.05) is 18.0 Å². The highest BCUT2D eigenvalue weighted by molar-refractivity contribution is 7.16. The van der Waals surface area contributed by atoms with Crippen LogP contribution in [0.4, 0.5) is 15.9 Å². The fourth-order valence-electron chi connectivity index (χ4n) is 3.89. The van der Waals surface area contributed by atoms with Gasteiger partial charge in [0.1, 0.15) is 5.69 Å². The second-order valence-electron chi connectivity index (χ2n) is 8.18. The molecule has 4 heterocycles. The van der Waals surface area contributed by atoms with E-state index < -0.39 is 6.03 Å². The lowest BCUT2D eigenvalue weighted by atomic mass is 10.0. The zero-order valence-electron chi connectivity index (χ0n) is 19.2. The molecule has 33 heavy (non-hydrogen) atoms. The molecule has 4 rings (SSSR count). The number of oxazole rings is 1. The molecule has 1 aliphatic heterocycles. The molecule has 10 nitrogen and oxygen atoms in total. The Labute approximate surface area is 196 Å². The van der Waals surface area contributed by atoms with Crippen molar-refractivity contribution in [3.63, 3.8) is 0 Å². The van der Waals surface area contributed by atoms with Gasteiger partial charge in [-0.3, -0.25) is 5.32 Å². The van der Waals surface area contributed by atoms with E-state index in [0.29, 0.717) is 34.9 Å². The van der Waals surface area contributed by atoms with Crippen LogP contribution in [-0.2, 0) is 6.42 Å². The Kier molecular flexibility index (Phi) is 6.52. The maximum atomic E-state index is 12.1. The minimum Gasteiger partial charge on any atom is -0.481 e. The Bertz CT molecular complexity index is 1150. The van der Waals surface area contributed by atoms with Gasteiger partial charge in [0.2, 0.25) is 5.88 Å². The summed E-state index contributed by atoms with van der Waals surface area (Å²) in [5, 5.41) is 15.1. The predicted molar refractivity (Wildman–Crippen MR) is 126 cm³/mol. The van der Waals surface area contributed by atoms with Crippen molar-refractivity contribution in [2.75, 3.05) is 23.9 Å². The van der Waals surface area contributed by atoms with Crippen molar-refractivity contribution in [2.24, 2.45) is 0 Å². The molecule has 0 aliphatic carbocycles. The highest BCUT2D eigenvalue weighted by atomic mass is 32.1. The number of urea groups is 1. The molecule has 3 aromatic rings. The Morgan fingerprint density at radius 3 is 2.91 bits per heavy atom. The molecule has 3 atom stereocenters. The van der Waals surface area contributed by atoms with E-state index in [4.69, 9.17) is 14.3 Å².